The van der Waals surface area contributed by atoms with E-state index in [1.165, 1.54) is 0 Å². The summed E-state index contributed by atoms with van der Waals surface area (Å²) >= 11 is 3.30. The van der Waals surface area contributed by atoms with Gasteiger partial charge in [0.2, 0.25) is 0 Å². The van der Waals surface area contributed by atoms with Gasteiger partial charge in [0.15, 0.2) is 0 Å². The molecule has 0 aliphatic rings. The van der Waals surface area contributed by atoms with Crippen LogP contribution in [0.5, 0.6) is 11.5 Å². The lowest BCUT2D eigenvalue weighted by atomic mass is 10.0. The molecule has 0 unspecified atom stereocenters. The molecule has 6 nitrogen and oxygen atoms in total. The number of hydrogen-bond acceptors (Lipinski definition) is 8. The smallest absolute Gasteiger partial charge is 0.338 e. The van der Waals surface area contributed by atoms with E-state index in [2.05, 4.69) is 23.3 Å². The van der Waals surface area contributed by atoms with Gasteiger partial charge in [-0.2, -0.15) is 0 Å². The zero-order chi connectivity index (χ0) is 39.4. The predicted molar refractivity (Wildman–Crippen MR) is 229 cm³/mol. The fraction of sp³-hybridized carbons (Fsp3) is 0.102. The zero-order valence-corrected chi connectivity index (χ0v) is 32.8. The number of esters is 2. The number of carbonyl (C=O) groups is 2. The number of benzene rings is 6. The molecule has 0 radical (unpaired) electrons. The Balaban J connectivity index is 0.000000174. The zero-order valence-electron chi connectivity index (χ0n) is 31.1. The van der Waals surface area contributed by atoms with Crippen molar-refractivity contribution in [3.8, 4) is 23.3 Å². The van der Waals surface area contributed by atoms with Gasteiger partial charge in [0, 0.05) is 31.3 Å². The van der Waals surface area contributed by atoms with Gasteiger partial charge in [-0.3, -0.25) is 0 Å². The Morgan fingerprint density at radius 3 is 1.74 bits per heavy atom. The van der Waals surface area contributed by atoms with Crippen LogP contribution in [0.25, 0.3) is 20.2 Å². The van der Waals surface area contributed by atoms with Crippen molar-refractivity contribution in [3.05, 3.63) is 201 Å². The molecule has 2 heterocycles. The van der Waals surface area contributed by atoms with Gasteiger partial charge in [0.25, 0.3) is 0 Å². The van der Waals surface area contributed by atoms with Gasteiger partial charge in [0.05, 0.1) is 23.6 Å². The Bertz CT molecular complexity index is 2650. The maximum Gasteiger partial charge on any atom is 0.338 e. The number of ether oxygens (including phenoxy) is 3. The topological polar surface area (TPSA) is 82.1 Å². The Morgan fingerprint density at radius 2 is 1.12 bits per heavy atom. The van der Waals surface area contributed by atoms with Crippen LogP contribution in [0.3, 0.4) is 0 Å². The molecular formula is C49H38O6S2. The first kappa shape index (κ1) is 38.6. The highest BCUT2D eigenvalue weighted by molar-refractivity contribution is 7.17. The van der Waals surface area contributed by atoms with Gasteiger partial charge in [-0.1, -0.05) is 96.8 Å². The summed E-state index contributed by atoms with van der Waals surface area (Å²) in [5, 5.41) is 16.3. The van der Waals surface area contributed by atoms with Crippen LogP contribution < -0.4 is 4.74 Å². The summed E-state index contributed by atoms with van der Waals surface area (Å²) in [4.78, 5) is 24.4. The van der Waals surface area contributed by atoms with Crippen molar-refractivity contribution in [2.24, 2.45) is 0 Å². The molecule has 0 bridgehead atoms. The number of thiophene rings is 2. The lowest BCUT2D eigenvalue weighted by Crippen LogP contribution is -2.05. The Hall–Kier alpha value is -6.66. The molecule has 8 aromatic rings. The number of rotatable bonds is 10. The van der Waals surface area contributed by atoms with Gasteiger partial charge < -0.3 is 19.3 Å². The fourth-order valence-corrected chi connectivity index (χ4v) is 8.09. The van der Waals surface area contributed by atoms with E-state index in [9.17, 15) is 14.7 Å². The van der Waals surface area contributed by atoms with Crippen molar-refractivity contribution in [3.63, 3.8) is 0 Å². The van der Waals surface area contributed by atoms with Crippen LogP contribution in [-0.4, -0.2) is 24.2 Å². The molecule has 8 rings (SSSR count). The van der Waals surface area contributed by atoms with Crippen LogP contribution in [0.1, 0.15) is 54.1 Å². The van der Waals surface area contributed by atoms with Crippen molar-refractivity contribution in [1.82, 2.24) is 0 Å². The molecule has 0 amide bonds. The molecule has 1 N–H and O–H groups in total. The predicted octanol–water partition coefficient (Wildman–Crippen LogP) is 11.4. The maximum atomic E-state index is 12.2. The molecule has 0 saturated heterocycles. The van der Waals surface area contributed by atoms with E-state index in [1.54, 1.807) is 48.0 Å². The van der Waals surface area contributed by atoms with Gasteiger partial charge in [-0.15, -0.1) is 22.7 Å². The summed E-state index contributed by atoms with van der Waals surface area (Å²) in [6.45, 7) is 0.532. The molecule has 8 heteroatoms. The highest BCUT2D eigenvalue weighted by Gasteiger charge is 2.12. The first-order valence-corrected chi connectivity index (χ1v) is 20.1. The van der Waals surface area contributed by atoms with Crippen molar-refractivity contribution in [1.29, 1.82) is 0 Å². The number of aromatic hydroxyl groups is 1. The van der Waals surface area contributed by atoms with Crippen LogP contribution in [0.2, 0.25) is 0 Å². The molecule has 57 heavy (non-hydrogen) atoms. The monoisotopic (exact) mass is 786 g/mol. The molecular weight excluding hydrogens is 749 g/mol. The minimum Gasteiger partial charge on any atom is -0.507 e. The third-order valence-electron chi connectivity index (χ3n) is 9.19. The number of hydrogen-bond donors (Lipinski definition) is 1. The fourth-order valence-electron chi connectivity index (χ4n) is 6.16. The second-order valence-electron chi connectivity index (χ2n) is 13.0. The third-order valence-corrected chi connectivity index (χ3v) is 11.1. The van der Waals surface area contributed by atoms with Crippen LogP contribution in [0.4, 0.5) is 0 Å². The number of carbonyl (C=O) groups excluding carboxylic acids is 2. The van der Waals surface area contributed by atoms with Crippen LogP contribution in [-0.2, 0) is 35.5 Å². The second kappa shape index (κ2) is 18.8. The molecule has 6 aromatic carbocycles. The Morgan fingerprint density at radius 1 is 0.561 bits per heavy atom. The van der Waals surface area contributed by atoms with Crippen molar-refractivity contribution >= 4 is 54.8 Å². The van der Waals surface area contributed by atoms with Crippen molar-refractivity contribution < 1.29 is 28.9 Å². The van der Waals surface area contributed by atoms with Gasteiger partial charge in [-0.05, 0) is 101 Å². The SMILES string of the molecule is COc1cccc2scc(C#Cc3ccc(C(=O)OCc4ccccc4)cc3)c12.O=C(OCc1ccccc1)c1ccc(CCc2csc3cccc(O)c23)cc1. The number of phenolic OH excluding ortho intramolecular Hbond substituents is 1. The largest absolute Gasteiger partial charge is 0.507 e. The number of phenols is 1. The van der Waals surface area contributed by atoms with Crippen LogP contribution in [0, 0.1) is 11.8 Å². The summed E-state index contributed by atoms with van der Waals surface area (Å²) in [5.74, 6) is 6.88. The highest BCUT2D eigenvalue weighted by Crippen LogP contribution is 2.34. The molecule has 2 aromatic heterocycles. The number of aryl methyl sites for hydroxylation is 2. The average molecular weight is 787 g/mol. The van der Waals surface area contributed by atoms with Crippen molar-refractivity contribution in [2.75, 3.05) is 7.11 Å². The average Bonchev–Trinajstić information content (AvgIpc) is 3.89. The quantitative estimate of drug-likeness (QED) is 0.110. The number of methoxy groups -OCH3 is 1. The number of fused-ring (bicyclic) bond motifs is 2. The minimum atomic E-state index is -0.345. The van der Waals surface area contributed by atoms with E-state index >= 15 is 0 Å². The van der Waals surface area contributed by atoms with E-state index in [0.29, 0.717) is 16.9 Å². The van der Waals surface area contributed by atoms with Crippen LogP contribution in [0.15, 0.2) is 156 Å². The third kappa shape index (κ3) is 9.96. The Kier molecular flexibility index (Phi) is 12.7. The lowest BCUT2D eigenvalue weighted by Gasteiger charge is -2.06. The van der Waals surface area contributed by atoms with Gasteiger partial charge >= 0.3 is 11.9 Å². The molecule has 0 aliphatic heterocycles. The summed E-state index contributed by atoms with van der Waals surface area (Å²) in [6, 6.07) is 45.6. The summed E-state index contributed by atoms with van der Waals surface area (Å²) in [5.41, 5.74) is 7.07. The first-order valence-electron chi connectivity index (χ1n) is 18.3. The first-order chi connectivity index (χ1) is 27.9. The van der Waals surface area contributed by atoms with E-state index < -0.39 is 0 Å². The van der Waals surface area contributed by atoms with E-state index in [4.69, 9.17) is 14.2 Å². The van der Waals surface area contributed by atoms with Gasteiger partial charge in [0.1, 0.15) is 24.7 Å². The molecule has 282 valence electrons. The van der Waals surface area contributed by atoms with E-state index in [0.717, 1.165) is 72.1 Å². The Labute approximate surface area is 339 Å². The summed E-state index contributed by atoms with van der Waals surface area (Å²) in [7, 11) is 1.67. The normalized spacial score (nSPS) is 10.5. The molecule has 0 atom stereocenters. The lowest BCUT2D eigenvalue weighted by molar-refractivity contribution is 0.0464. The maximum absolute atomic E-state index is 12.2. The van der Waals surface area contributed by atoms with Gasteiger partial charge in [-0.25, -0.2) is 9.59 Å². The molecule has 0 spiro atoms. The van der Waals surface area contributed by atoms with Crippen molar-refractivity contribution in [2.45, 2.75) is 26.1 Å². The standard InChI is InChI=1S/C25H18O3S.C24H20O3S/c1-27-22-8-5-9-23-24(22)21(17-29-23)15-12-18-10-13-20(14-11-18)25(26)28-16-19-6-3-2-4-7-19;25-21-7-4-8-22-23(21)20(16-28-22)14-11-17-9-12-19(13-10-17)24(26)27-15-18-5-2-1-3-6-18/h2-11,13-14,17H,16H2,1H3;1-10,12-13,16,25H,11,14-15H2. The molecule has 0 aliphatic carbocycles. The summed E-state index contributed by atoms with van der Waals surface area (Å²) < 4.78 is 18.4. The van der Waals surface area contributed by atoms with E-state index in [-0.39, 0.29) is 25.2 Å². The second-order valence-corrected chi connectivity index (χ2v) is 14.9. The summed E-state index contributed by atoms with van der Waals surface area (Å²) in [6.07, 6.45) is 1.69. The molecule has 0 fully saturated rings. The van der Waals surface area contributed by atoms with Crippen LogP contribution >= 0.6 is 22.7 Å². The van der Waals surface area contributed by atoms with E-state index in [1.807, 2.05) is 127 Å². The highest BCUT2D eigenvalue weighted by atomic mass is 32.1. The molecule has 0 saturated carbocycles. The minimum absolute atomic E-state index is 0.258.